The van der Waals surface area contributed by atoms with Gasteiger partial charge in [0, 0.05) is 54.1 Å². The normalized spacial score (nSPS) is 45.6. The molecule has 10 atom stereocenters. The zero-order valence-corrected chi connectivity index (χ0v) is 25.0. The fraction of sp³-hybridized carbons (Fsp3) is 0.719. The summed E-state index contributed by atoms with van der Waals surface area (Å²) in [4.78, 5) is 65.8. The van der Waals surface area contributed by atoms with E-state index in [1.165, 1.54) is 13.8 Å². The number of carboxylic acid groups (broad SMARTS) is 1. The molecule has 0 heterocycles. The van der Waals surface area contributed by atoms with Crippen LogP contribution in [0.1, 0.15) is 80.6 Å². The smallest absolute Gasteiger partial charge is 0.330 e. The highest BCUT2D eigenvalue weighted by molar-refractivity contribution is 6.10. The van der Waals surface area contributed by atoms with E-state index in [1.807, 2.05) is 20.8 Å². The molecule has 3 fully saturated rings. The minimum atomic E-state index is -1.81. The summed E-state index contributed by atoms with van der Waals surface area (Å²) in [5.41, 5.74) is -5.37. The van der Waals surface area contributed by atoms with Crippen LogP contribution in [0.4, 0.5) is 0 Å². The number of Topliss-reactive ketones (excluding diaryl/α,β-unsaturated/α-hetero) is 3. The number of aliphatic carboxylic acids is 1. The number of carbonyl (C=O) groups excluding carboxylic acids is 4. The van der Waals surface area contributed by atoms with Crippen LogP contribution in [-0.2, 0) is 28.7 Å². The van der Waals surface area contributed by atoms with Gasteiger partial charge in [-0.3, -0.25) is 19.2 Å². The number of carboxylic acids is 1. The summed E-state index contributed by atoms with van der Waals surface area (Å²) in [6.45, 7) is 11.5. The number of hydrogen-bond acceptors (Lipinski definition) is 8. The molecular formula is C32H42O9. The van der Waals surface area contributed by atoms with Crippen molar-refractivity contribution in [3.63, 3.8) is 0 Å². The molecule has 0 spiro atoms. The van der Waals surface area contributed by atoms with E-state index in [-0.39, 0.29) is 54.0 Å². The van der Waals surface area contributed by atoms with E-state index in [0.29, 0.717) is 24.0 Å². The van der Waals surface area contributed by atoms with Crippen molar-refractivity contribution in [2.24, 2.45) is 45.3 Å². The van der Waals surface area contributed by atoms with E-state index in [1.54, 1.807) is 19.9 Å². The number of ether oxygens (including phenoxy) is 1. The first-order valence-electron chi connectivity index (χ1n) is 14.6. The van der Waals surface area contributed by atoms with Crippen molar-refractivity contribution in [1.29, 1.82) is 0 Å². The van der Waals surface area contributed by atoms with E-state index in [9.17, 15) is 39.3 Å². The second kappa shape index (κ2) is 8.93. The van der Waals surface area contributed by atoms with Gasteiger partial charge >= 0.3 is 11.9 Å². The molecule has 0 bridgehead atoms. The molecule has 0 aromatic carbocycles. The van der Waals surface area contributed by atoms with Crippen molar-refractivity contribution in [2.75, 3.05) is 6.61 Å². The third kappa shape index (κ3) is 3.28. The number of ketones is 3. The van der Waals surface area contributed by atoms with E-state index in [2.05, 4.69) is 0 Å². The Morgan fingerprint density at radius 2 is 1.66 bits per heavy atom. The standard InChI is InChI=1S/C32H42O9/c1-15(9-8-10-16(2)26(38)39)18-11-23(37)31(7)24-19(35)12-20-28(4,14-33)22(36)13-21-29(20,5)25(24)32(21,40)27(30(18,31)6)41-17(3)34/h10,15,18,20-21,27,33,40H,8-9,11-14H2,1-7H3,(H,38,39)/t15-,18-,20?,21?,27+,28-,29-,30+,31+,32-/m1/s1. The molecule has 41 heavy (non-hydrogen) atoms. The number of hydrogen-bond donors (Lipinski definition) is 3. The summed E-state index contributed by atoms with van der Waals surface area (Å²) < 4.78 is 6.03. The van der Waals surface area contributed by atoms with Crippen LogP contribution in [0.25, 0.3) is 0 Å². The van der Waals surface area contributed by atoms with Crippen LogP contribution in [0.3, 0.4) is 0 Å². The van der Waals surface area contributed by atoms with Crippen molar-refractivity contribution in [3.8, 4) is 0 Å². The highest BCUT2D eigenvalue weighted by atomic mass is 16.6. The van der Waals surface area contributed by atoms with Crippen LogP contribution < -0.4 is 0 Å². The van der Waals surface area contributed by atoms with E-state index >= 15 is 0 Å². The maximum absolute atomic E-state index is 14.2. The third-order valence-electron chi connectivity index (χ3n) is 12.6. The maximum Gasteiger partial charge on any atom is 0.330 e. The number of fused-ring (bicyclic) bond motifs is 3. The Bertz CT molecular complexity index is 1340. The molecule has 3 saturated carbocycles. The van der Waals surface area contributed by atoms with Crippen LogP contribution >= 0.6 is 0 Å². The van der Waals surface area contributed by atoms with Gasteiger partial charge in [0.1, 0.15) is 23.3 Å². The quantitative estimate of drug-likeness (QED) is 0.309. The molecule has 0 radical (unpaired) electrons. The summed E-state index contributed by atoms with van der Waals surface area (Å²) in [5.74, 6) is -4.05. The lowest BCUT2D eigenvalue weighted by Crippen LogP contribution is -2.82. The summed E-state index contributed by atoms with van der Waals surface area (Å²) in [5, 5.41) is 32.3. The van der Waals surface area contributed by atoms with Crippen LogP contribution in [0, 0.1) is 45.3 Å². The summed E-state index contributed by atoms with van der Waals surface area (Å²) in [7, 11) is 0. The number of carbonyl (C=O) groups is 5. The van der Waals surface area contributed by atoms with Crippen molar-refractivity contribution in [1.82, 2.24) is 0 Å². The van der Waals surface area contributed by atoms with Gasteiger partial charge in [0.25, 0.3) is 0 Å². The molecule has 2 unspecified atom stereocenters. The lowest BCUT2D eigenvalue weighted by molar-refractivity contribution is -0.280. The molecule has 9 nitrogen and oxygen atoms in total. The molecule has 5 rings (SSSR count). The Morgan fingerprint density at radius 1 is 1.02 bits per heavy atom. The summed E-state index contributed by atoms with van der Waals surface area (Å²) in [6.07, 6.45) is 1.54. The van der Waals surface area contributed by atoms with E-state index < -0.39 is 63.7 Å². The first-order chi connectivity index (χ1) is 18.9. The Labute approximate surface area is 240 Å². The first-order valence-corrected chi connectivity index (χ1v) is 14.6. The molecule has 9 heteroatoms. The van der Waals surface area contributed by atoms with Gasteiger partial charge in [0.05, 0.1) is 17.4 Å². The van der Waals surface area contributed by atoms with Crippen molar-refractivity contribution >= 4 is 29.3 Å². The molecule has 5 aliphatic carbocycles. The monoisotopic (exact) mass is 570 g/mol. The third-order valence-corrected chi connectivity index (χ3v) is 12.6. The van der Waals surface area contributed by atoms with Crippen LogP contribution in [-0.4, -0.2) is 62.9 Å². The van der Waals surface area contributed by atoms with Crippen molar-refractivity contribution in [3.05, 3.63) is 22.8 Å². The molecule has 0 saturated heterocycles. The zero-order chi connectivity index (χ0) is 30.7. The van der Waals surface area contributed by atoms with Gasteiger partial charge < -0.3 is 20.1 Å². The Balaban J connectivity index is 1.71. The highest BCUT2D eigenvalue weighted by Crippen LogP contribution is 2.81. The van der Waals surface area contributed by atoms with Crippen LogP contribution in [0.15, 0.2) is 22.8 Å². The lowest BCUT2D eigenvalue weighted by atomic mass is 9.28. The van der Waals surface area contributed by atoms with Gasteiger partial charge in [0.2, 0.25) is 0 Å². The molecule has 3 N–H and O–H groups in total. The minimum absolute atomic E-state index is 0.0125. The second-order valence-electron chi connectivity index (χ2n) is 14.2. The fourth-order valence-corrected chi connectivity index (χ4v) is 10.2. The Morgan fingerprint density at radius 3 is 2.22 bits per heavy atom. The van der Waals surface area contributed by atoms with Gasteiger partial charge in [-0.15, -0.1) is 0 Å². The summed E-state index contributed by atoms with van der Waals surface area (Å²) in [6, 6.07) is 0. The molecule has 224 valence electrons. The number of allylic oxidation sites excluding steroid dienone is 2. The van der Waals surface area contributed by atoms with Gasteiger partial charge in [-0.1, -0.05) is 33.8 Å². The average Bonchev–Trinajstić information content (AvgIpc) is 3.11. The second-order valence-corrected chi connectivity index (χ2v) is 14.2. The largest absolute Gasteiger partial charge is 0.478 e. The maximum atomic E-state index is 14.2. The minimum Gasteiger partial charge on any atom is -0.478 e. The van der Waals surface area contributed by atoms with Gasteiger partial charge in [-0.25, -0.2) is 4.79 Å². The Kier molecular flexibility index (Phi) is 6.50. The van der Waals surface area contributed by atoms with Gasteiger partial charge in [-0.2, -0.15) is 0 Å². The molecule has 0 aliphatic heterocycles. The predicted molar refractivity (Wildman–Crippen MR) is 146 cm³/mol. The van der Waals surface area contributed by atoms with E-state index in [4.69, 9.17) is 4.74 Å². The Hall–Kier alpha value is -2.65. The van der Waals surface area contributed by atoms with Crippen molar-refractivity contribution in [2.45, 2.75) is 92.3 Å². The van der Waals surface area contributed by atoms with Gasteiger partial charge in [-0.05, 0) is 50.0 Å². The van der Waals surface area contributed by atoms with Gasteiger partial charge in [0.15, 0.2) is 5.78 Å². The molecule has 0 aromatic rings. The van der Waals surface area contributed by atoms with Crippen LogP contribution in [0.2, 0.25) is 0 Å². The topological polar surface area (TPSA) is 155 Å². The number of rotatable bonds is 7. The average molecular weight is 571 g/mol. The fourth-order valence-electron chi connectivity index (χ4n) is 10.2. The molecular weight excluding hydrogens is 528 g/mol. The lowest BCUT2D eigenvalue weighted by Gasteiger charge is -2.76. The molecule has 5 aliphatic rings. The van der Waals surface area contributed by atoms with Crippen molar-refractivity contribution < 1.29 is 44.0 Å². The SMILES string of the molecule is CC(=O)O[C@H]1[C@]2(C)[C@@H]([C@H](C)CCC=C(C)C(=O)O)CC(=O)[C@@]2(C)C2=C3[C@]4(C)C(CC2=O)[C@@](C)(CO)C(=O)CC4[C@@]31O. The highest BCUT2D eigenvalue weighted by Gasteiger charge is 2.86. The molecule has 0 aromatic heterocycles. The number of aliphatic hydroxyl groups is 2. The van der Waals surface area contributed by atoms with E-state index in [0.717, 1.165) is 0 Å². The van der Waals surface area contributed by atoms with Crippen LogP contribution in [0.5, 0.6) is 0 Å². The molecule has 0 amide bonds. The first kappa shape index (κ1) is 29.8. The zero-order valence-electron chi connectivity index (χ0n) is 25.0. The number of aliphatic hydroxyl groups excluding tert-OH is 1. The summed E-state index contributed by atoms with van der Waals surface area (Å²) >= 11 is 0. The number of esters is 1. The predicted octanol–water partition coefficient (Wildman–Crippen LogP) is 3.20.